The topological polar surface area (TPSA) is 131 Å². The zero-order valence-electron chi connectivity index (χ0n) is 10.4. The molecule has 0 bridgehead atoms. The molecular weight excluding hydrogens is 268 g/mol. The average Bonchev–Trinajstić information content (AvgIpc) is 2.81. The smallest absolute Gasteiger partial charge is 0.342 e. The molecule has 0 saturated carbocycles. The fourth-order valence-electron chi connectivity index (χ4n) is 1.54. The SMILES string of the molecule is Cc1cc(CNc2cc(C(=O)O)c([N+](=O)[O-])cn2)no1. The number of hydrogen-bond acceptors (Lipinski definition) is 7. The molecule has 0 unspecified atom stereocenters. The Balaban J connectivity index is 2.18. The van der Waals surface area contributed by atoms with Crippen molar-refractivity contribution in [1.82, 2.24) is 10.1 Å². The van der Waals surface area contributed by atoms with E-state index in [1.54, 1.807) is 13.0 Å². The maximum Gasteiger partial charge on any atom is 0.342 e. The van der Waals surface area contributed by atoms with Crippen LogP contribution >= 0.6 is 0 Å². The standard InChI is InChI=1S/C11H10N4O5/c1-6-2-7(14-20-6)4-12-10-3-8(11(16)17)9(5-13-10)15(18)19/h2-3,5H,4H2,1H3,(H,12,13)(H,16,17). The summed E-state index contributed by atoms with van der Waals surface area (Å²) >= 11 is 0. The highest BCUT2D eigenvalue weighted by Crippen LogP contribution is 2.20. The lowest BCUT2D eigenvalue weighted by Gasteiger charge is -2.04. The van der Waals surface area contributed by atoms with Gasteiger partial charge in [-0.1, -0.05) is 5.16 Å². The molecule has 2 heterocycles. The van der Waals surface area contributed by atoms with E-state index in [-0.39, 0.29) is 12.4 Å². The van der Waals surface area contributed by atoms with Gasteiger partial charge in [-0.05, 0) is 6.92 Å². The normalized spacial score (nSPS) is 10.2. The number of aryl methyl sites for hydroxylation is 1. The summed E-state index contributed by atoms with van der Waals surface area (Å²) in [5, 5.41) is 26.2. The highest BCUT2D eigenvalue weighted by molar-refractivity contribution is 5.93. The zero-order chi connectivity index (χ0) is 14.7. The van der Waals surface area contributed by atoms with Gasteiger partial charge in [-0.25, -0.2) is 9.78 Å². The number of nitrogens with zero attached hydrogens (tertiary/aromatic N) is 3. The number of carboxylic acid groups (broad SMARTS) is 1. The molecule has 0 aliphatic heterocycles. The van der Waals surface area contributed by atoms with Gasteiger partial charge in [-0.2, -0.15) is 0 Å². The minimum atomic E-state index is -1.39. The molecule has 0 atom stereocenters. The van der Waals surface area contributed by atoms with Crippen molar-refractivity contribution in [3.63, 3.8) is 0 Å². The van der Waals surface area contributed by atoms with Crippen molar-refractivity contribution in [2.24, 2.45) is 0 Å². The summed E-state index contributed by atoms with van der Waals surface area (Å²) < 4.78 is 4.87. The lowest BCUT2D eigenvalue weighted by Crippen LogP contribution is -2.07. The molecule has 0 saturated heterocycles. The number of anilines is 1. The van der Waals surface area contributed by atoms with Crippen LogP contribution in [0.25, 0.3) is 0 Å². The molecule has 0 aliphatic rings. The van der Waals surface area contributed by atoms with Crippen LogP contribution in [-0.2, 0) is 6.54 Å². The summed E-state index contributed by atoms with van der Waals surface area (Å²) in [6.45, 7) is 2.00. The molecule has 2 rings (SSSR count). The van der Waals surface area contributed by atoms with Crippen molar-refractivity contribution < 1.29 is 19.3 Å². The van der Waals surface area contributed by atoms with Crippen LogP contribution in [0.1, 0.15) is 21.8 Å². The molecule has 2 N–H and O–H groups in total. The van der Waals surface area contributed by atoms with E-state index in [2.05, 4.69) is 15.5 Å². The van der Waals surface area contributed by atoms with Gasteiger partial charge in [0, 0.05) is 12.1 Å². The third-order valence-electron chi connectivity index (χ3n) is 2.44. The number of carboxylic acids is 1. The zero-order valence-corrected chi connectivity index (χ0v) is 10.4. The third-order valence-corrected chi connectivity index (χ3v) is 2.44. The second-order valence-electron chi connectivity index (χ2n) is 3.93. The van der Waals surface area contributed by atoms with E-state index < -0.39 is 22.1 Å². The Morgan fingerprint density at radius 1 is 1.55 bits per heavy atom. The molecule has 2 aromatic heterocycles. The number of aromatic nitrogens is 2. The van der Waals surface area contributed by atoms with E-state index in [9.17, 15) is 14.9 Å². The van der Waals surface area contributed by atoms with Crippen LogP contribution in [0.4, 0.5) is 11.5 Å². The van der Waals surface area contributed by atoms with Gasteiger partial charge >= 0.3 is 11.7 Å². The molecule has 0 aromatic carbocycles. The van der Waals surface area contributed by atoms with Crippen LogP contribution in [0, 0.1) is 17.0 Å². The second-order valence-corrected chi connectivity index (χ2v) is 3.93. The Morgan fingerprint density at radius 2 is 2.30 bits per heavy atom. The molecule has 20 heavy (non-hydrogen) atoms. The first-order valence-corrected chi connectivity index (χ1v) is 5.51. The van der Waals surface area contributed by atoms with Crippen molar-refractivity contribution in [2.75, 3.05) is 5.32 Å². The summed E-state index contributed by atoms with van der Waals surface area (Å²) in [4.78, 5) is 24.6. The maximum absolute atomic E-state index is 11.0. The predicted molar refractivity (Wildman–Crippen MR) is 66.4 cm³/mol. The Hall–Kier alpha value is -2.97. The molecule has 2 aromatic rings. The maximum atomic E-state index is 11.0. The first-order valence-electron chi connectivity index (χ1n) is 5.51. The van der Waals surface area contributed by atoms with Gasteiger partial charge in [0.05, 0.1) is 11.5 Å². The number of aromatic carboxylic acids is 1. The highest BCUT2D eigenvalue weighted by atomic mass is 16.6. The van der Waals surface area contributed by atoms with E-state index in [1.807, 2.05) is 0 Å². The first-order chi connectivity index (χ1) is 9.47. The summed E-state index contributed by atoms with van der Waals surface area (Å²) in [6, 6.07) is 2.81. The van der Waals surface area contributed by atoms with Gasteiger partial charge in [0.2, 0.25) is 0 Å². The summed E-state index contributed by atoms with van der Waals surface area (Å²) in [7, 11) is 0. The van der Waals surface area contributed by atoms with Crippen molar-refractivity contribution >= 4 is 17.5 Å². The molecule has 0 aliphatic carbocycles. The summed E-state index contributed by atoms with van der Waals surface area (Å²) in [5.41, 5.74) is -0.372. The van der Waals surface area contributed by atoms with Gasteiger partial charge in [-0.3, -0.25) is 10.1 Å². The van der Waals surface area contributed by atoms with Crippen molar-refractivity contribution in [3.05, 3.63) is 45.5 Å². The molecule has 0 spiro atoms. The van der Waals surface area contributed by atoms with Crippen molar-refractivity contribution in [2.45, 2.75) is 13.5 Å². The summed E-state index contributed by atoms with van der Waals surface area (Å²) in [6.07, 6.45) is 0.903. The minimum Gasteiger partial charge on any atom is -0.477 e. The number of rotatable bonds is 5. The number of hydrogen-bond donors (Lipinski definition) is 2. The summed E-state index contributed by atoms with van der Waals surface area (Å²) in [5.74, 6) is -0.544. The Labute approximate surface area is 112 Å². The quantitative estimate of drug-likeness (QED) is 0.622. The molecular formula is C11H10N4O5. The van der Waals surface area contributed by atoms with E-state index in [0.717, 1.165) is 12.3 Å². The monoisotopic (exact) mass is 278 g/mol. The van der Waals surface area contributed by atoms with Gasteiger partial charge in [0.25, 0.3) is 0 Å². The van der Waals surface area contributed by atoms with Gasteiger partial charge in [-0.15, -0.1) is 0 Å². The Morgan fingerprint density at radius 3 is 2.85 bits per heavy atom. The molecule has 9 heteroatoms. The fourth-order valence-corrected chi connectivity index (χ4v) is 1.54. The van der Waals surface area contributed by atoms with Crippen LogP contribution in [0.15, 0.2) is 22.9 Å². The largest absolute Gasteiger partial charge is 0.477 e. The van der Waals surface area contributed by atoms with Gasteiger partial charge < -0.3 is 14.9 Å². The number of nitro groups is 1. The lowest BCUT2D eigenvalue weighted by atomic mass is 10.2. The lowest BCUT2D eigenvalue weighted by molar-refractivity contribution is -0.385. The predicted octanol–water partition coefficient (Wildman–Crippen LogP) is 1.60. The van der Waals surface area contributed by atoms with Crippen molar-refractivity contribution in [1.29, 1.82) is 0 Å². The number of pyridine rings is 1. The molecule has 9 nitrogen and oxygen atoms in total. The highest BCUT2D eigenvalue weighted by Gasteiger charge is 2.21. The Bertz CT molecular complexity index is 667. The van der Waals surface area contributed by atoms with Crippen LogP contribution in [0.2, 0.25) is 0 Å². The fraction of sp³-hybridized carbons (Fsp3) is 0.182. The Kier molecular flexibility index (Phi) is 3.60. The van der Waals surface area contributed by atoms with Crippen LogP contribution in [0.5, 0.6) is 0 Å². The molecule has 104 valence electrons. The molecule has 0 amide bonds. The van der Waals surface area contributed by atoms with Crippen LogP contribution in [0.3, 0.4) is 0 Å². The molecule has 0 radical (unpaired) electrons. The van der Waals surface area contributed by atoms with Crippen LogP contribution < -0.4 is 5.32 Å². The van der Waals surface area contributed by atoms with Crippen molar-refractivity contribution in [3.8, 4) is 0 Å². The van der Waals surface area contributed by atoms with E-state index >= 15 is 0 Å². The second kappa shape index (κ2) is 5.34. The van der Waals surface area contributed by atoms with E-state index in [4.69, 9.17) is 9.63 Å². The number of carbonyl (C=O) groups is 1. The third kappa shape index (κ3) is 2.88. The average molecular weight is 278 g/mol. The first kappa shape index (κ1) is 13.5. The molecule has 0 fully saturated rings. The van der Waals surface area contributed by atoms with E-state index in [1.165, 1.54) is 0 Å². The van der Waals surface area contributed by atoms with E-state index in [0.29, 0.717) is 11.5 Å². The minimum absolute atomic E-state index is 0.202. The van der Waals surface area contributed by atoms with Gasteiger partial charge in [0.15, 0.2) is 0 Å². The number of nitrogens with one attached hydrogen (secondary N) is 1. The van der Waals surface area contributed by atoms with Crippen LogP contribution in [-0.4, -0.2) is 26.1 Å². The van der Waals surface area contributed by atoms with Gasteiger partial charge in [0.1, 0.15) is 29.0 Å².